The maximum absolute atomic E-state index is 5.10. The maximum atomic E-state index is 5.10. The normalized spacial score (nSPS) is 14.1. The predicted molar refractivity (Wildman–Crippen MR) is 109 cm³/mol. The van der Waals surface area contributed by atoms with Gasteiger partial charge in [0.25, 0.3) is 0 Å². The second-order valence-electron chi connectivity index (χ2n) is 7.31. The van der Waals surface area contributed by atoms with E-state index in [0.717, 1.165) is 22.7 Å². The van der Waals surface area contributed by atoms with Crippen LogP contribution >= 0.6 is 23.1 Å². The van der Waals surface area contributed by atoms with E-state index >= 15 is 0 Å². The van der Waals surface area contributed by atoms with Crippen LogP contribution in [0.15, 0.2) is 11.4 Å². The highest BCUT2D eigenvalue weighted by Gasteiger charge is 2.24. The van der Waals surface area contributed by atoms with E-state index in [4.69, 9.17) is 4.98 Å². The lowest BCUT2D eigenvalue weighted by Crippen LogP contribution is -2.03. The molecule has 0 saturated heterocycles. The molecule has 0 N–H and O–H groups in total. The molecular formula is C20H25N3S2. The van der Waals surface area contributed by atoms with Crippen LogP contribution in [0, 0.1) is 5.92 Å². The number of hydrogen-bond donors (Lipinski definition) is 0. The molecule has 0 radical (unpaired) electrons. The van der Waals surface area contributed by atoms with Crippen molar-refractivity contribution in [2.75, 3.05) is 5.75 Å². The Bertz CT molecular complexity index is 914. The largest absolute Gasteiger partial charge is 0.242 e. The summed E-state index contributed by atoms with van der Waals surface area (Å²) in [6, 6.07) is 0. The third-order valence-electron chi connectivity index (χ3n) is 4.86. The van der Waals surface area contributed by atoms with Gasteiger partial charge in [-0.15, -0.1) is 23.1 Å². The van der Waals surface area contributed by atoms with Crippen LogP contribution in [-0.2, 0) is 19.3 Å². The Balaban J connectivity index is 1.89. The molecule has 3 heterocycles. The number of fused-ring (bicyclic) bond motifs is 5. The highest BCUT2D eigenvalue weighted by molar-refractivity contribution is 7.99. The van der Waals surface area contributed by atoms with Gasteiger partial charge < -0.3 is 0 Å². The molecule has 0 saturated carbocycles. The first kappa shape index (κ1) is 17.2. The molecule has 1 aliphatic rings. The van der Waals surface area contributed by atoms with E-state index in [1.54, 1.807) is 17.7 Å². The molecule has 0 bridgehead atoms. The first-order valence-electron chi connectivity index (χ1n) is 9.39. The van der Waals surface area contributed by atoms with Gasteiger partial charge in [-0.05, 0) is 54.9 Å². The van der Waals surface area contributed by atoms with Crippen molar-refractivity contribution in [2.45, 2.75) is 64.3 Å². The maximum Gasteiger partial charge on any atom is 0.126 e. The number of aromatic nitrogens is 3. The molecule has 3 nitrogen and oxygen atoms in total. The van der Waals surface area contributed by atoms with E-state index in [1.165, 1.54) is 63.8 Å². The van der Waals surface area contributed by atoms with Crippen molar-refractivity contribution in [1.29, 1.82) is 0 Å². The van der Waals surface area contributed by atoms with E-state index in [-0.39, 0.29) is 0 Å². The van der Waals surface area contributed by atoms with Gasteiger partial charge in [0.15, 0.2) is 0 Å². The minimum absolute atomic E-state index is 0.643. The molecule has 0 fully saturated rings. The first-order chi connectivity index (χ1) is 12.2. The smallest absolute Gasteiger partial charge is 0.126 e. The fraction of sp³-hybridized carbons (Fsp3) is 0.550. The van der Waals surface area contributed by atoms with Gasteiger partial charge in [0, 0.05) is 11.1 Å². The van der Waals surface area contributed by atoms with Crippen LogP contribution < -0.4 is 0 Å². The molecule has 0 unspecified atom stereocenters. The average molecular weight is 372 g/mol. The highest BCUT2D eigenvalue weighted by Crippen LogP contribution is 2.42. The Morgan fingerprint density at radius 2 is 2.04 bits per heavy atom. The van der Waals surface area contributed by atoms with Crippen molar-refractivity contribution < 1.29 is 0 Å². The second kappa shape index (κ2) is 7.20. The molecule has 0 aliphatic heterocycles. The highest BCUT2D eigenvalue weighted by atomic mass is 32.2. The van der Waals surface area contributed by atoms with Crippen molar-refractivity contribution >= 4 is 43.5 Å². The quantitative estimate of drug-likeness (QED) is 0.311. The number of nitrogens with zero attached hydrogens (tertiary/aromatic N) is 3. The van der Waals surface area contributed by atoms with E-state index in [0.29, 0.717) is 5.92 Å². The number of thioether (sulfide) groups is 1. The van der Waals surface area contributed by atoms with Crippen molar-refractivity contribution in [3.05, 3.63) is 23.1 Å². The first-order valence-corrected chi connectivity index (χ1v) is 11.2. The number of thiophene rings is 1. The molecule has 3 aromatic heterocycles. The third-order valence-corrected chi connectivity index (χ3v) is 7.15. The summed E-state index contributed by atoms with van der Waals surface area (Å²) in [4.78, 5) is 15.5. The zero-order chi connectivity index (χ0) is 17.4. The zero-order valence-corrected chi connectivity index (χ0v) is 16.9. The summed E-state index contributed by atoms with van der Waals surface area (Å²) in [7, 11) is 0. The van der Waals surface area contributed by atoms with Gasteiger partial charge in [0.1, 0.15) is 16.2 Å². The van der Waals surface area contributed by atoms with Crippen LogP contribution in [0.25, 0.3) is 20.4 Å². The number of aryl methyl sites for hydroxylation is 1. The standard InChI is InChI=1S/C20H25N3S2/c1-4-5-9-24-20-18-17(21-11-22-20)16-14-8-6-7-13(14)15(10-12(2)3)23-19(16)25-18/h11-12H,4-10H2,1-3H3. The minimum Gasteiger partial charge on any atom is -0.242 e. The minimum atomic E-state index is 0.643. The van der Waals surface area contributed by atoms with Gasteiger partial charge in [-0.2, -0.15) is 0 Å². The average Bonchev–Trinajstić information content (AvgIpc) is 3.18. The Labute approximate surface area is 157 Å². The van der Waals surface area contributed by atoms with Gasteiger partial charge >= 0.3 is 0 Å². The van der Waals surface area contributed by atoms with Crippen LogP contribution in [0.4, 0.5) is 0 Å². The summed E-state index contributed by atoms with van der Waals surface area (Å²) in [5, 5.41) is 2.46. The number of rotatable bonds is 6. The van der Waals surface area contributed by atoms with Crippen LogP contribution in [0.1, 0.15) is 56.9 Å². The fourth-order valence-corrected chi connectivity index (χ4v) is 6.07. The zero-order valence-electron chi connectivity index (χ0n) is 15.3. The molecule has 132 valence electrons. The third kappa shape index (κ3) is 3.17. The van der Waals surface area contributed by atoms with E-state index < -0.39 is 0 Å². The van der Waals surface area contributed by atoms with Gasteiger partial charge in [0.2, 0.25) is 0 Å². The Kier molecular flexibility index (Phi) is 4.96. The summed E-state index contributed by atoms with van der Waals surface area (Å²) in [5.74, 6) is 1.77. The van der Waals surface area contributed by atoms with E-state index in [2.05, 4.69) is 30.7 Å². The lowest BCUT2D eigenvalue weighted by Gasteiger charge is -2.11. The van der Waals surface area contributed by atoms with Gasteiger partial charge in [-0.25, -0.2) is 15.0 Å². The SMILES string of the molecule is CCCCSc1ncnc2c1sc1nc(CC(C)C)c3c(c12)CCC3. The molecule has 0 aromatic carbocycles. The monoisotopic (exact) mass is 371 g/mol. The topological polar surface area (TPSA) is 38.7 Å². The molecule has 4 rings (SSSR count). The molecule has 0 spiro atoms. The Morgan fingerprint density at radius 3 is 2.84 bits per heavy atom. The van der Waals surface area contributed by atoms with Gasteiger partial charge in [-0.1, -0.05) is 27.2 Å². The predicted octanol–water partition coefficient (Wildman–Crippen LogP) is 5.82. The molecule has 3 aromatic rings. The van der Waals surface area contributed by atoms with E-state index in [9.17, 15) is 0 Å². The summed E-state index contributed by atoms with van der Waals surface area (Å²) in [6.07, 6.45) is 8.88. The Morgan fingerprint density at radius 1 is 1.20 bits per heavy atom. The molecule has 0 atom stereocenters. The molecule has 1 aliphatic carbocycles. The van der Waals surface area contributed by atoms with Crippen LogP contribution in [0.2, 0.25) is 0 Å². The second-order valence-corrected chi connectivity index (χ2v) is 9.39. The fourth-order valence-electron chi connectivity index (χ4n) is 3.73. The molecule has 5 heteroatoms. The number of hydrogen-bond acceptors (Lipinski definition) is 5. The number of pyridine rings is 1. The van der Waals surface area contributed by atoms with Gasteiger partial charge in [-0.3, -0.25) is 0 Å². The number of unbranched alkanes of at least 4 members (excludes halogenated alkanes) is 1. The Hall–Kier alpha value is -1.20. The van der Waals surface area contributed by atoms with Crippen LogP contribution in [0.3, 0.4) is 0 Å². The summed E-state index contributed by atoms with van der Waals surface area (Å²) in [5.41, 5.74) is 5.50. The molecule has 25 heavy (non-hydrogen) atoms. The molecular weight excluding hydrogens is 346 g/mol. The van der Waals surface area contributed by atoms with Crippen molar-refractivity contribution in [3.63, 3.8) is 0 Å². The van der Waals surface area contributed by atoms with Crippen LogP contribution in [-0.4, -0.2) is 20.7 Å². The lowest BCUT2D eigenvalue weighted by molar-refractivity contribution is 0.632. The summed E-state index contributed by atoms with van der Waals surface area (Å²) < 4.78 is 1.24. The van der Waals surface area contributed by atoms with E-state index in [1.807, 2.05) is 11.8 Å². The summed E-state index contributed by atoms with van der Waals surface area (Å²) in [6.45, 7) is 6.80. The van der Waals surface area contributed by atoms with Crippen molar-refractivity contribution in [3.8, 4) is 0 Å². The van der Waals surface area contributed by atoms with Crippen molar-refractivity contribution in [1.82, 2.24) is 15.0 Å². The lowest BCUT2D eigenvalue weighted by atomic mass is 9.99. The van der Waals surface area contributed by atoms with Crippen molar-refractivity contribution in [2.24, 2.45) is 5.92 Å². The summed E-state index contributed by atoms with van der Waals surface area (Å²) >= 11 is 3.67. The van der Waals surface area contributed by atoms with Gasteiger partial charge in [0.05, 0.1) is 10.2 Å². The molecule has 0 amide bonds. The van der Waals surface area contributed by atoms with Crippen LogP contribution in [0.5, 0.6) is 0 Å².